The zero-order valence-corrected chi connectivity index (χ0v) is 11.2. The lowest BCUT2D eigenvalue weighted by molar-refractivity contribution is -0.146. The van der Waals surface area contributed by atoms with Gasteiger partial charge in [-0.3, -0.25) is 9.59 Å². The van der Waals surface area contributed by atoms with E-state index in [-0.39, 0.29) is 24.2 Å². The molecule has 20 heavy (non-hydrogen) atoms. The minimum Gasteiger partial charge on any atom is -0.481 e. The van der Waals surface area contributed by atoms with Gasteiger partial charge in [0.15, 0.2) is 0 Å². The molecule has 0 aliphatic carbocycles. The van der Waals surface area contributed by atoms with Gasteiger partial charge in [-0.1, -0.05) is 24.3 Å². The van der Waals surface area contributed by atoms with Gasteiger partial charge in [0, 0.05) is 32.1 Å². The van der Waals surface area contributed by atoms with Crippen molar-refractivity contribution in [3.05, 3.63) is 35.4 Å². The molecule has 5 nitrogen and oxygen atoms in total. The van der Waals surface area contributed by atoms with Crippen LogP contribution in [0, 0.1) is 5.92 Å². The van der Waals surface area contributed by atoms with Crippen molar-refractivity contribution in [2.24, 2.45) is 5.92 Å². The van der Waals surface area contributed by atoms with Gasteiger partial charge in [-0.15, -0.1) is 0 Å². The number of amides is 1. The summed E-state index contributed by atoms with van der Waals surface area (Å²) in [5, 5.41) is 12.0. The molecule has 2 aliphatic heterocycles. The van der Waals surface area contributed by atoms with E-state index in [1.54, 1.807) is 4.90 Å². The van der Waals surface area contributed by atoms with E-state index in [4.69, 9.17) is 5.11 Å². The van der Waals surface area contributed by atoms with E-state index in [9.17, 15) is 9.59 Å². The van der Waals surface area contributed by atoms with Crippen LogP contribution in [0.4, 0.5) is 0 Å². The molecule has 0 radical (unpaired) electrons. The van der Waals surface area contributed by atoms with Crippen molar-refractivity contribution in [3.8, 4) is 0 Å². The van der Waals surface area contributed by atoms with Crippen LogP contribution < -0.4 is 5.32 Å². The topological polar surface area (TPSA) is 69.6 Å². The predicted octanol–water partition coefficient (Wildman–Crippen LogP) is 0.806. The van der Waals surface area contributed by atoms with Crippen LogP contribution in [0.1, 0.15) is 23.5 Å². The number of rotatable bonds is 3. The number of aliphatic carboxylic acids is 1. The minimum atomic E-state index is -0.785. The average Bonchev–Trinajstić information content (AvgIpc) is 2.41. The number of nitrogens with one attached hydrogen (secondary N) is 1. The molecule has 2 aliphatic rings. The summed E-state index contributed by atoms with van der Waals surface area (Å²) < 4.78 is 0. The molecule has 1 saturated heterocycles. The number of nitrogens with zero attached hydrogens (tertiary/aromatic N) is 1. The van der Waals surface area contributed by atoms with Gasteiger partial charge in [0.25, 0.3) is 0 Å². The quantitative estimate of drug-likeness (QED) is 0.855. The molecule has 1 fully saturated rings. The van der Waals surface area contributed by atoms with Crippen molar-refractivity contribution in [2.45, 2.75) is 18.9 Å². The van der Waals surface area contributed by atoms with Gasteiger partial charge in [-0.2, -0.15) is 0 Å². The highest BCUT2D eigenvalue weighted by Gasteiger charge is 2.37. The lowest BCUT2D eigenvalue weighted by atomic mass is 9.87. The van der Waals surface area contributed by atoms with E-state index in [1.165, 1.54) is 5.56 Å². The number of carboxylic acid groups (broad SMARTS) is 1. The average molecular weight is 274 g/mol. The molecule has 1 aromatic carbocycles. The highest BCUT2D eigenvalue weighted by atomic mass is 16.4. The van der Waals surface area contributed by atoms with Crippen LogP contribution in [0.2, 0.25) is 0 Å². The molecular formula is C15H18N2O3. The maximum atomic E-state index is 12.5. The number of carboxylic acids is 1. The lowest BCUT2D eigenvalue weighted by Gasteiger charge is -2.41. The molecule has 5 heteroatoms. The summed E-state index contributed by atoms with van der Waals surface area (Å²) in [4.78, 5) is 24.9. The number of carbonyl (C=O) groups is 2. The van der Waals surface area contributed by atoms with Crippen LogP contribution in [0.3, 0.4) is 0 Å². The second kappa shape index (κ2) is 5.25. The molecule has 1 unspecified atom stereocenters. The van der Waals surface area contributed by atoms with E-state index < -0.39 is 5.97 Å². The van der Waals surface area contributed by atoms with E-state index in [0.717, 1.165) is 12.1 Å². The van der Waals surface area contributed by atoms with Crippen molar-refractivity contribution < 1.29 is 14.7 Å². The predicted molar refractivity (Wildman–Crippen MR) is 73.2 cm³/mol. The standard InChI is InChI=1S/C15H18N2O3/c18-14(19)5-10-8-17(9-10)15(20)13-7-16-6-11-3-1-2-4-12(11)13/h1-4,10,13,16H,5-9H2,(H,18,19). The van der Waals surface area contributed by atoms with E-state index in [1.807, 2.05) is 24.3 Å². The Balaban J connectivity index is 1.66. The van der Waals surface area contributed by atoms with Gasteiger partial charge >= 0.3 is 5.97 Å². The summed E-state index contributed by atoms with van der Waals surface area (Å²) in [7, 11) is 0. The summed E-state index contributed by atoms with van der Waals surface area (Å²) in [6.45, 7) is 2.62. The number of benzene rings is 1. The van der Waals surface area contributed by atoms with Crippen molar-refractivity contribution in [3.63, 3.8) is 0 Å². The molecule has 2 N–H and O–H groups in total. The first-order valence-corrected chi connectivity index (χ1v) is 6.94. The minimum absolute atomic E-state index is 0.114. The van der Waals surface area contributed by atoms with Gasteiger partial charge in [-0.25, -0.2) is 0 Å². The molecule has 0 spiro atoms. The third-order valence-electron chi connectivity index (χ3n) is 4.12. The van der Waals surface area contributed by atoms with E-state index >= 15 is 0 Å². The first-order chi connectivity index (χ1) is 9.65. The first kappa shape index (κ1) is 13.1. The highest BCUT2D eigenvalue weighted by molar-refractivity contribution is 5.85. The number of fused-ring (bicyclic) bond motifs is 1. The SMILES string of the molecule is O=C(O)CC1CN(C(=O)C2CNCc3ccccc32)C1. The molecule has 0 bridgehead atoms. The van der Waals surface area contributed by atoms with Crippen molar-refractivity contribution in [1.29, 1.82) is 0 Å². The Morgan fingerprint density at radius 1 is 1.30 bits per heavy atom. The van der Waals surface area contributed by atoms with Crippen LogP contribution >= 0.6 is 0 Å². The Morgan fingerprint density at radius 3 is 2.80 bits per heavy atom. The van der Waals surface area contributed by atoms with Gasteiger partial charge in [0.05, 0.1) is 12.3 Å². The molecule has 1 amide bonds. The molecule has 2 heterocycles. The van der Waals surface area contributed by atoms with Crippen LogP contribution in [0.15, 0.2) is 24.3 Å². The third kappa shape index (κ3) is 2.41. The summed E-state index contributed by atoms with van der Waals surface area (Å²) in [6.07, 6.45) is 0.156. The van der Waals surface area contributed by atoms with Crippen molar-refractivity contribution >= 4 is 11.9 Å². The maximum absolute atomic E-state index is 12.5. The molecule has 106 valence electrons. The Kier molecular flexibility index (Phi) is 3.44. The van der Waals surface area contributed by atoms with Crippen molar-refractivity contribution in [1.82, 2.24) is 10.2 Å². The number of hydrogen-bond donors (Lipinski definition) is 2. The maximum Gasteiger partial charge on any atom is 0.303 e. The van der Waals surface area contributed by atoms with Crippen LogP contribution in [0.5, 0.6) is 0 Å². The van der Waals surface area contributed by atoms with Crippen LogP contribution in [-0.2, 0) is 16.1 Å². The monoisotopic (exact) mass is 274 g/mol. The fourth-order valence-corrected chi connectivity index (χ4v) is 3.06. The molecule has 1 aromatic rings. The summed E-state index contributed by atoms with van der Waals surface area (Å²) in [5.41, 5.74) is 2.29. The van der Waals surface area contributed by atoms with Gasteiger partial charge < -0.3 is 15.3 Å². The molecular weight excluding hydrogens is 256 g/mol. The van der Waals surface area contributed by atoms with Gasteiger partial charge in [0.1, 0.15) is 0 Å². The van der Waals surface area contributed by atoms with Crippen molar-refractivity contribution in [2.75, 3.05) is 19.6 Å². The normalized spacial score (nSPS) is 22.0. The largest absolute Gasteiger partial charge is 0.481 e. The van der Waals surface area contributed by atoms with E-state index in [0.29, 0.717) is 19.6 Å². The van der Waals surface area contributed by atoms with Gasteiger partial charge in [0.2, 0.25) is 5.91 Å². The first-order valence-electron chi connectivity index (χ1n) is 6.94. The second-order valence-electron chi connectivity index (χ2n) is 5.59. The Hall–Kier alpha value is -1.88. The Morgan fingerprint density at radius 2 is 2.05 bits per heavy atom. The Labute approximate surface area is 117 Å². The zero-order valence-electron chi connectivity index (χ0n) is 11.2. The molecule has 0 saturated carbocycles. The fourth-order valence-electron chi connectivity index (χ4n) is 3.06. The van der Waals surface area contributed by atoms with Crippen LogP contribution in [0.25, 0.3) is 0 Å². The molecule has 1 atom stereocenters. The summed E-state index contributed by atoms with van der Waals surface area (Å²) >= 11 is 0. The number of likely N-dealkylation sites (tertiary alicyclic amines) is 1. The zero-order chi connectivity index (χ0) is 14.1. The lowest BCUT2D eigenvalue weighted by Crippen LogP contribution is -2.53. The third-order valence-corrected chi connectivity index (χ3v) is 4.12. The highest BCUT2D eigenvalue weighted by Crippen LogP contribution is 2.29. The number of carbonyl (C=O) groups excluding carboxylic acids is 1. The van der Waals surface area contributed by atoms with Crippen LogP contribution in [-0.4, -0.2) is 41.5 Å². The smallest absolute Gasteiger partial charge is 0.303 e. The second-order valence-corrected chi connectivity index (χ2v) is 5.59. The van der Waals surface area contributed by atoms with Gasteiger partial charge in [-0.05, 0) is 11.1 Å². The molecule has 0 aromatic heterocycles. The molecule has 3 rings (SSSR count). The number of hydrogen-bond acceptors (Lipinski definition) is 3. The van der Waals surface area contributed by atoms with E-state index in [2.05, 4.69) is 5.32 Å². The summed E-state index contributed by atoms with van der Waals surface area (Å²) in [5.74, 6) is -0.688. The fraction of sp³-hybridized carbons (Fsp3) is 0.467. The Bertz CT molecular complexity index is 538. The summed E-state index contributed by atoms with van der Waals surface area (Å²) in [6, 6.07) is 8.02.